The molecule has 0 aromatic heterocycles. The number of carbonyl (C=O) groups is 3. The summed E-state index contributed by atoms with van der Waals surface area (Å²) in [5.41, 5.74) is 4.73. The van der Waals surface area contributed by atoms with Crippen LogP contribution in [0, 0.1) is 11.8 Å². The van der Waals surface area contributed by atoms with Crippen LogP contribution in [-0.2, 0) is 14.3 Å². The fourth-order valence-corrected chi connectivity index (χ4v) is 4.40. The molecule has 0 spiro atoms. The van der Waals surface area contributed by atoms with E-state index in [1.54, 1.807) is 0 Å². The van der Waals surface area contributed by atoms with Crippen LogP contribution in [0.1, 0.15) is 50.2 Å². The summed E-state index contributed by atoms with van der Waals surface area (Å²) in [6, 6.07) is 16.4. The highest BCUT2D eigenvalue weighted by atomic mass is 16.5. The van der Waals surface area contributed by atoms with Crippen molar-refractivity contribution in [1.29, 1.82) is 0 Å². The summed E-state index contributed by atoms with van der Waals surface area (Å²) < 4.78 is 5.56. The third kappa shape index (κ3) is 6.57. The van der Waals surface area contributed by atoms with E-state index in [1.165, 1.54) is 22.3 Å². The third-order valence-electron chi connectivity index (χ3n) is 6.25. The number of carbonyl (C=O) groups excluding carboxylic acids is 2. The number of carboxylic acids is 1. The van der Waals surface area contributed by atoms with Crippen molar-refractivity contribution in [1.82, 2.24) is 10.6 Å². The standard InChI is InChI=1S/C26H32N2O5/c1-17(2)18(11-12-24(29)28-15-25(30)31)13-14-27-26(32)33-16-23-21-9-5-3-7-19(21)20-8-4-6-10-22(20)23/h3-10,17-18,23H,11-16H2,1-2H3,(H,27,32)(H,28,29)(H,30,31). The normalized spacial score (nSPS) is 13.2. The van der Waals surface area contributed by atoms with Crippen LogP contribution >= 0.6 is 0 Å². The van der Waals surface area contributed by atoms with E-state index in [4.69, 9.17) is 9.84 Å². The highest BCUT2D eigenvalue weighted by molar-refractivity contribution is 5.81. The number of alkyl carbamates (subject to hydrolysis) is 1. The summed E-state index contributed by atoms with van der Waals surface area (Å²) in [5, 5.41) is 13.8. The highest BCUT2D eigenvalue weighted by Crippen LogP contribution is 2.44. The molecule has 1 unspecified atom stereocenters. The second kappa shape index (κ2) is 11.5. The van der Waals surface area contributed by atoms with Gasteiger partial charge in [-0.2, -0.15) is 0 Å². The Balaban J connectivity index is 1.44. The lowest BCUT2D eigenvalue weighted by Gasteiger charge is -2.21. The van der Waals surface area contributed by atoms with Gasteiger partial charge in [-0.25, -0.2) is 4.79 Å². The lowest BCUT2D eigenvalue weighted by molar-refractivity contribution is -0.138. The number of benzene rings is 2. The second-order valence-electron chi connectivity index (χ2n) is 8.75. The van der Waals surface area contributed by atoms with E-state index in [-0.39, 0.29) is 37.3 Å². The molecule has 2 aromatic rings. The zero-order valence-electron chi connectivity index (χ0n) is 19.2. The minimum Gasteiger partial charge on any atom is -0.480 e. The van der Waals surface area contributed by atoms with Crippen LogP contribution in [0.5, 0.6) is 0 Å². The molecule has 0 radical (unpaired) electrons. The minimum atomic E-state index is -1.06. The molecule has 0 heterocycles. The third-order valence-corrected chi connectivity index (χ3v) is 6.25. The Labute approximate surface area is 194 Å². The van der Waals surface area contributed by atoms with Crippen LogP contribution in [0.3, 0.4) is 0 Å². The van der Waals surface area contributed by atoms with Crippen molar-refractivity contribution in [2.24, 2.45) is 11.8 Å². The van der Waals surface area contributed by atoms with E-state index in [0.717, 1.165) is 0 Å². The largest absolute Gasteiger partial charge is 0.480 e. The number of ether oxygens (including phenoxy) is 1. The van der Waals surface area contributed by atoms with E-state index < -0.39 is 12.1 Å². The first kappa shape index (κ1) is 24.3. The highest BCUT2D eigenvalue weighted by Gasteiger charge is 2.29. The van der Waals surface area contributed by atoms with Crippen LogP contribution in [0.4, 0.5) is 4.79 Å². The molecule has 1 atom stereocenters. The fraction of sp³-hybridized carbons (Fsp3) is 0.423. The SMILES string of the molecule is CC(C)C(CCNC(=O)OCC1c2ccccc2-c2ccccc21)CCC(=O)NCC(=O)O. The van der Waals surface area contributed by atoms with Gasteiger partial charge in [0, 0.05) is 18.9 Å². The van der Waals surface area contributed by atoms with Gasteiger partial charge in [0.25, 0.3) is 0 Å². The summed E-state index contributed by atoms with van der Waals surface area (Å²) >= 11 is 0. The molecule has 33 heavy (non-hydrogen) atoms. The molecular weight excluding hydrogens is 420 g/mol. The number of hydrogen-bond donors (Lipinski definition) is 3. The molecule has 0 bridgehead atoms. The molecule has 7 nitrogen and oxygen atoms in total. The summed E-state index contributed by atoms with van der Waals surface area (Å²) in [6.45, 7) is 4.52. The molecule has 7 heteroatoms. The molecular formula is C26H32N2O5. The first-order chi connectivity index (χ1) is 15.9. The van der Waals surface area contributed by atoms with Crippen molar-refractivity contribution in [3.8, 4) is 11.1 Å². The lowest BCUT2D eigenvalue weighted by Crippen LogP contribution is -2.31. The number of hydrogen-bond acceptors (Lipinski definition) is 4. The number of fused-ring (bicyclic) bond motifs is 3. The van der Waals surface area contributed by atoms with Gasteiger partial charge in [0.1, 0.15) is 13.2 Å². The zero-order chi connectivity index (χ0) is 23.8. The Hall–Kier alpha value is -3.35. The molecule has 3 rings (SSSR count). The van der Waals surface area contributed by atoms with Crippen LogP contribution in [0.25, 0.3) is 11.1 Å². The molecule has 0 fully saturated rings. The van der Waals surface area contributed by atoms with Crippen molar-refractivity contribution in [2.45, 2.75) is 39.0 Å². The van der Waals surface area contributed by atoms with Crippen LogP contribution in [-0.4, -0.2) is 42.8 Å². The Morgan fingerprint density at radius 2 is 1.55 bits per heavy atom. The van der Waals surface area contributed by atoms with Gasteiger partial charge in [-0.1, -0.05) is 62.4 Å². The first-order valence-electron chi connectivity index (χ1n) is 11.4. The molecule has 1 aliphatic carbocycles. The monoisotopic (exact) mass is 452 g/mol. The molecule has 1 aliphatic rings. The van der Waals surface area contributed by atoms with Gasteiger partial charge in [0.15, 0.2) is 0 Å². The van der Waals surface area contributed by atoms with Crippen molar-refractivity contribution < 1.29 is 24.2 Å². The van der Waals surface area contributed by atoms with E-state index in [2.05, 4.69) is 48.7 Å². The summed E-state index contributed by atoms with van der Waals surface area (Å²) in [4.78, 5) is 34.7. The van der Waals surface area contributed by atoms with E-state index in [1.807, 2.05) is 24.3 Å². The summed E-state index contributed by atoms with van der Waals surface area (Å²) in [5.74, 6) is -0.740. The second-order valence-corrected chi connectivity index (χ2v) is 8.75. The molecule has 2 aromatic carbocycles. The average molecular weight is 453 g/mol. The molecule has 176 valence electrons. The number of aliphatic carboxylic acids is 1. The Morgan fingerprint density at radius 3 is 2.12 bits per heavy atom. The smallest absolute Gasteiger partial charge is 0.407 e. The van der Waals surface area contributed by atoms with Gasteiger partial charge in [-0.05, 0) is 46.9 Å². The minimum absolute atomic E-state index is 0.0240. The molecule has 2 amide bonds. The summed E-state index contributed by atoms with van der Waals surface area (Å²) in [7, 11) is 0. The maximum atomic E-state index is 12.3. The van der Waals surface area contributed by atoms with Gasteiger partial charge in [0.05, 0.1) is 0 Å². The Kier molecular flexibility index (Phi) is 8.46. The van der Waals surface area contributed by atoms with E-state index in [0.29, 0.717) is 25.3 Å². The maximum Gasteiger partial charge on any atom is 0.407 e. The van der Waals surface area contributed by atoms with E-state index >= 15 is 0 Å². The topological polar surface area (TPSA) is 105 Å². The van der Waals surface area contributed by atoms with Gasteiger partial charge in [-0.3, -0.25) is 9.59 Å². The van der Waals surface area contributed by atoms with Gasteiger partial charge < -0.3 is 20.5 Å². The maximum absolute atomic E-state index is 12.3. The van der Waals surface area contributed by atoms with Crippen molar-refractivity contribution >= 4 is 18.0 Å². The molecule has 0 aliphatic heterocycles. The lowest BCUT2D eigenvalue weighted by atomic mass is 9.88. The van der Waals surface area contributed by atoms with Gasteiger partial charge in [-0.15, -0.1) is 0 Å². The predicted molar refractivity (Wildman–Crippen MR) is 126 cm³/mol. The Morgan fingerprint density at radius 1 is 0.939 bits per heavy atom. The van der Waals surface area contributed by atoms with Crippen molar-refractivity contribution in [3.63, 3.8) is 0 Å². The zero-order valence-corrected chi connectivity index (χ0v) is 19.2. The van der Waals surface area contributed by atoms with Crippen molar-refractivity contribution in [2.75, 3.05) is 19.7 Å². The van der Waals surface area contributed by atoms with Gasteiger partial charge >= 0.3 is 12.1 Å². The van der Waals surface area contributed by atoms with Crippen LogP contribution < -0.4 is 10.6 Å². The number of amides is 2. The predicted octanol–water partition coefficient (Wildman–Crippen LogP) is 4.17. The summed E-state index contributed by atoms with van der Waals surface area (Å²) in [6.07, 6.45) is 1.17. The van der Waals surface area contributed by atoms with Crippen LogP contribution in [0.2, 0.25) is 0 Å². The van der Waals surface area contributed by atoms with Crippen molar-refractivity contribution in [3.05, 3.63) is 59.7 Å². The number of carboxylic acid groups (broad SMARTS) is 1. The quantitative estimate of drug-likeness (QED) is 0.475. The molecule has 0 saturated carbocycles. The molecule has 0 saturated heterocycles. The Bertz CT molecular complexity index is 943. The van der Waals surface area contributed by atoms with Gasteiger partial charge in [0.2, 0.25) is 5.91 Å². The number of nitrogens with one attached hydrogen (secondary N) is 2. The van der Waals surface area contributed by atoms with E-state index in [9.17, 15) is 14.4 Å². The fourth-order valence-electron chi connectivity index (χ4n) is 4.40. The van der Waals surface area contributed by atoms with Crippen LogP contribution in [0.15, 0.2) is 48.5 Å². The number of rotatable bonds is 11. The average Bonchev–Trinajstić information content (AvgIpc) is 3.12. The first-order valence-corrected chi connectivity index (χ1v) is 11.4. The molecule has 3 N–H and O–H groups in total.